The fourth-order valence-electron chi connectivity index (χ4n) is 3.81. The Morgan fingerprint density at radius 3 is 2.39 bits per heavy atom. The first kappa shape index (κ1) is 22.5. The van der Waals surface area contributed by atoms with Crippen LogP contribution < -0.4 is 9.04 Å². The first-order valence-electron chi connectivity index (χ1n) is 10.4. The molecule has 0 amide bonds. The van der Waals surface area contributed by atoms with E-state index >= 15 is 0 Å². The zero-order valence-corrected chi connectivity index (χ0v) is 19.0. The second-order valence-corrected chi connectivity index (χ2v) is 9.46. The molecule has 0 aliphatic carbocycles. The molecular formula is C25H23NO6S. The zero-order valence-electron chi connectivity index (χ0n) is 18.2. The quantitative estimate of drug-likeness (QED) is 0.389. The van der Waals surface area contributed by atoms with Gasteiger partial charge in [0, 0.05) is 12.1 Å². The molecule has 1 aliphatic heterocycles. The third-order valence-electron chi connectivity index (χ3n) is 5.53. The number of Topliss-reactive ketones (excluding diaryl/α,β-unsaturated/α-hetero) is 1. The highest BCUT2D eigenvalue weighted by Gasteiger charge is 2.32. The molecule has 0 aromatic heterocycles. The summed E-state index contributed by atoms with van der Waals surface area (Å²) in [5.74, 6) is -1.05. The second-order valence-electron chi connectivity index (χ2n) is 7.60. The van der Waals surface area contributed by atoms with Gasteiger partial charge in [-0.05, 0) is 43.2 Å². The number of hydrogen-bond acceptors (Lipinski definition) is 6. The Labute approximate surface area is 192 Å². The minimum atomic E-state index is -3.92. The number of carbonyl (C=O) groups is 2. The second kappa shape index (κ2) is 9.07. The van der Waals surface area contributed by atoms with Crippen LogP contribution in [0.5, 0.6) is 5.75 Å². The van der Waals surface area contributed by atoms with Gasteiger partial charge in [-0.1, -0.05) is 48.5 Å². The van der Waals surface area contributed by atoms with Gasteiger partial charge in [-0.3, -0.25) is 9.10 Å². The van der Waals surface area contributed by atoms with Crippen LogP contribution in [0.2, 0.25) is 0 Å². The minimum absolute atomic E-state index is 0.0611. The van der Waals surface area contributed by atoms with Crippen LogP contribution in [0, 0.1) is 0 Å². The number of rotatable bonds is 7. The van der Waals surface area contributed by atoms with Crippen LogP contribution in [0.4, 0.5) is 5.69 Å². The number of hydrogen-bond donors (Lipinski definition) is 0. The average Bonchev–Trinajstić information content (AvgIpc) is 3.28. The van der Waals surface area contributed by atoms with Crippen LogP contribution in [0.15, 0.2) is 77.7 Å². The Hall–Kier alpha value is -3.65. The van der Waals surface area contributed by atoms with Crippen LogP contribution >= 0.6 is 0 Å². The summed E-state index contributed by atoms with van der Waals surface area (Å²) in [6.07, 6.45) is -0.449. The van der Waals surface area contributed by atoms with E-state index in [2.05, 4.69) is 0 Å². The summed E-state index contributed by atoms with van der Waals surface area (Å²) in [5, 5.41) is 0. The Kier molecular flexibility index (Phi) is 6.20. The van der Waals surface area contributed by atoms with E-state index in [9.17, 15) is 18.0 Å². The van der Waals surface area contributed by atoms with Gasteiger partial charge in [-0.15, -0.1) is 0 Å². The number of fused-ring (bicyclic) bond motifs is 1. The molecule has 0 saturated heterocycles. The van der Waals surface area contributed by atoms with Gasteiger partial charge < -0.3 is 9.47 Å². The molecule has 8 heteroatoms. The van der Waals surface area contributed by atoms with Crippen molar-refractivity contribution in [2.75, 3.05) is 18.0 Å². The fourth-order valence-corrected chi connectivity index (χ4v) is 5.34. The van der Waals surface area contributed by atoms with Crippen LogP contribution in [-0.4, -0.2) is 39.9 Å². The molecule has 1 unspecified atom stereocenters. The van der Waals surface area contributed by atoms with E-state index in [1.165, 1.54) is 36.5 Å². The van der Waals surface area contributed by atoms with E-state index in [1.807, 2.05) is 12.1 Å². The van der Waals surface area contributed by atoms with E-state index in [0.717, 1.165) is 5.56 Å². The maximum atomic E-state index is 13.4. The Morgan fingerprint density at radius 1 is 0.970 bits per heavy atom. The molecule has 0 N–H and O–H groups in total. The molecule has 0 fully saturated rings. The van der Waals surface area contributed by atoms with Gasteiger partial charge >= 0.3 is 5.97 Å². The fraction of sp³-hybridized carbons (Fsp3) is 0.200. The average molecular weight is 466 g/mol. The van der Waals surface area contributed by atoms with Gasteiger partial charge in [-0.2, -0.15) is 0 Å². The van der Waals surface area contributed by atoms with Crippen LogP contribution in [0.1, 0.15) is 33.2 Å². The number of ether oxygens (including phenoxy) is 2. The van der Waals surface area contributed by atoms with Crippen molar-refractivity contribution in [2.24, 2.45) is 0 Å². The van der Waals surface area contributed by atoms with E-state index < -0.39 is 22.1 Å². The van der Waals surface area contributed by atoms with Crippen molar-refractivity contribution in [1.29, 1.82) is 0 Å². The molecule has 7 nitrogen and oxygen atoms in total. The lowest BCUT2D eigenvalue weighted by molar-refractivity contribution is 0.0315. The number of ketones is 1. The number of carbonyl (C=O) groups excluding carboxylic acids is 2. The molecule has 0 bridgehead atoms. The van der Waals surface area contributed by atoms with Gasteiger partial charge in [0.05, 0.1) is 17.7 Å². The molecule has 0 radical (unpaired) electrons. The number of sulfonamides is 1. The summed E-state index contributed by atoms with van der Waals surface area (Å²) in [5.41, 5.74) is 1.91. The van der Waals surface area contributed by atoms with E-state index in [4.69, 9.17) is 9.47 Å². The number of para-hydroxylation sites is 1. The summed E-state index contributed by atoms with van der Waals surface area (Å²) in [6.45, 7) is 1.79. The lowest BCUT2D eigenvalue weighted by Gasteiger charge is -2.20. The van der Waals surface area contributed by atoms with Crippen LogP contribution in [-0.2, 0) is 21.2 Å². The molecule has 170 valence electrons. The van der Waals surface area contributed by atoms with Crippen LogP contribution in [0.3, 0.4) is 0 Å². The van der Waals surface area contributed by atoms with Crippen molar-refractivity contribution in [1.82, 2.24) is 0 Å². The maximum absolute atomic E-state index is 13.4. The maximum Gasteiger partial charge on any atom is 0.342 e. The van der Waals surface area contributed by atoms with Crippen molar-refractivity contribution in [3.63, 3.8) is 0 Å². The van der Waals surface area contributed by atoms with Crippen molar-refractivity contribution in [2.45, 2.75) is 24.3 Å². The van der Waals surface area contributed by atoms with E-state index in [-0.39, 0.29) is 22.0 Å². The molecule has 0 spiro atoms. The van der Waals surface area contributed by atoms with Crippen LogP contribution in [0.25, 0.3) is 0 Å². The lowest BCUT2D eigenvalue weighted by atomic mass is 10.1. The Balaban J connectivity index is 1.62. The molecule has 0 saturated carbocycles. The minimum Gasteiger partial charge on any atom is -0.496 e. The predicted octanol–water partition coefficient (Wildman–Crippen LogP) is 3.87. The first-order valence-corrected chi connectivity index (χ1v) is 11.9. The van der Waals surface area contributed by atoms with Gasteiger partial charge in [0.15, 0.2) is 6.10 Å². The Morgan fingerprint density at radius 2 is 1.67 bits per heavy atom. The monoisotopic (exact) mass is 465 g/mol. The molecule has 1 atom stereocenters. The number of anilines is 1. The number of esters is 1. The topological polar surface area (TPSA) is 90.0 Å². The zero-order chi connectivity index (χ0) is 23.6. The third-order valence-corrected chi connectivity index (χ3v) is 7.34. The molecular weight excluding hydrogens is 442 g/mol. The standard InChI is InChI=1S/C25H23NO6S/c1-17(24(27)19-9-4-3-5-10-19)32-25(28)21-16-20(12-13-23(21)31-2)33(29,30)26-15-14-18-8-6-7-11-22(18)26/h3-13,16-17H,14-15H2,1-2H3. The lowest BCUT2D eigenvalue weighted by Crippen LogP contribution is -2.29. The largest absolute Gasteiger partial charge is 0.496 e. The van der Waals surface area contributed by atoms with E-state index in [1.54, 1.807) is 42.5 Å². The predicted molar refractivity (Wildman–Crippen MR) is 123 cm³/mol. The van der Waals surface area contributed by atoms with Gasteiger partial charge in [0.2, 0.25) is 5.78 Å². The summed E-state index contributed by atoms with van der Waals surface area (Å²) >= 11 is 0. The molecule has 1 aliphatic rings. The van der Waals surface area contributed by atoms with Crippen molar-refractivity contribution >= 4 is 27.5 Å². The molecule has 1 heterocycles. The summed E-state index contributed by atoms with van der Waals surface area (Å²) in [4.78, 5) is 25.4. The number of methoxy groups -OCH3 is 1. The van der Waals surface area contributed by atoms with Crippen molar-refractivity contribution in [3.8, 4) is 5.75 Å². The smallest absolute Gasteiger partial charge is 0.342 e. The normalized spacial score (nSPS) is 13.8. The molecule has 4 rings (SSSR count). The van der Waals surface area contributed by atoms with E-state index in [0.29, 0.717) is 24.2 Å². The molecule has 33 heavy (non-hydrogen) atoms. The van der Waals surface area contributed by atoms with Gasteiger partial charge in [0.1, 0.15) is 11.3 Å². The summed E-state index contributed by atoms with van der Waals surface area (Å²) in [7, 11) is -2.55. The third kappa shape index (κ3) is 4.34. The van der Waals surface area contributed by atoms with Crippen molar-refractivity contribution < 1.29 is 27.5 Å². The summed E-state index contributed by atoms with van der Waals surface area (Å²) in [6, 6.07) is 19.8. The summed E-state index contributed by atoms with van der Waals surface area (Å²) < 4.78 is 38.7. The highest BCUT2D eigenvalue weighted by Crippen LogP contribution is 2.34. The number of nitrogens with zero attached hydrogens (tertiary/aromatic N) is 1. The highest BCUT2D eigenvalue weighted by molar-refractivity contribution is 7.92. The van der Waals surface area contributed by atoms with Crippen molar-refractivity contribution in [3.05, 3.63) is 89.5 Å². The highest BCUT2D eigenvalue weighted by atomic mass is 32.2. The number of benzene rings is 3. The van der Waals surface area contributed by atoms with Gasteiger partial charge in [0.25, 0.3) is 10.0 Å². The van der Waals surface area contributed by atoms with Gasteiger partial charge in [-0.25, -0.2) is 13.2 Å². The molecule has 3 aromatic rings. The first-order chi connectivity index (χ1) is 15.8. The SMILES string of the molecule is COc1ccc(S(=O)(=O)N2CCc3ccccc32)cc1C(=O)OC(C)C(=O)c1ccccc1. The Bertz CT molecular complexity index is 1300. The molecule has 3 aromatic carbocycles.